The number of hydrogen-bond donors (Lipinski definition) is 1. The molecule has 1 rings (SSSR count). The summed E-state index contributed by atoms with van der Waals surface area (Å²) in [6, 6.07) is 0.545. The van der Waals surface area contributed by atoms with Gasteiger partial charge in [0.05, 0.1) is 12.6 Å². The fourth-order valence-electron chi connectivity index (χ4n) is 1.27. The molecule has 0 bridgehead atoms. The summed E-state index contributed by atoms with van der Waals surface area (Å²) >= 11 is 1.98. The zero-order valence-corrected chi connectivity index (χ0v) is 8.60. The number of nitrogens with two attached hydrogens (primary N) is 1. The van der Waals surface area contributed by atoms with Crippen LogP contribution in [0.3, 0.4) is 0 Å². The topological polar surface area (TPSA) is 41.6 Å². The molecule has 3 nitrogen and oxygen atoms in total. The third-order valence-corrected chi connectivity index (χ3v) is 3.11. The van der Waals surface area contributed by atoms with Gasteiger partial charge in [-0.25, -0.2) is 0 Å². The Bertz CT molecular complexity index is 170. The van der Waals surface area contributed by atoms with Crippen LogP contribution < -0.4 is 5.73 Å². The Labute approximate surface area is 78.4 Å². The van der Waals surface area contributed by atoms with E-state index >= 15 is 0 Å². The minimum absolute atomic E-state index is 0.545. The number of guanidine groups is 1. The molecule has 0 aliphatic carbocycles. The van der Waals surface area contributed by atoms with Crippen molar-refractivity contribution in [1.82, 2.24) is 4.90 Å². The largest absolute Gasteiger partial charge is 0.370 e. The molecule has 1 unspecified atom stereocenters. The van der Waals surface area contributed by atoms with Crippen molar-refractivity contribution in [3.63, 3.8) is 0 Å². The Kier molecular flexibility index (Phi) is 3.72. The summed E-state index contributed by atoms with van der Waals surface area (Å²) in [5.74, 6) is 3.11. The van der Waals surface area contributed by atoms with E-state index in [9.17, 15) is 0 Å². The van der Waals surface area contributed by atoms with Crippen molar-refractivity contribution in [2.75, 3.05) is 25.1 Å². The Morgan fingerprint density at radius 3 is 3.00 bits per heavy atom. The van der Waals surface area contributed by atoms with Crippen LogP contribution in [0.4, 0.5) is 0 Å². The van der Waals surface area contributed by atoms with E-state index in [1.165, 1.54) is 17.9 Å². The molecule has 0 saturated heterocycles. The van der Waals surface area contributed by atoms with Gasteiger partial charge < -0.3 is 10.6 Å². The normalized spacial score (nSPS) is 23.0. The molecule has 12 heavy (non-hydrogen) atoms. The fourth-order valence-corrected chi connectivity index (χ4v) is 2.00. The van der Waals surface area contributed by atoms with E-state index in [0.717, 1.165) is 6.54 Å². The summed E-state index contributed by atoms with van der Waals surface area (Å²) < 4.78 is 0. The monoisotopic (exact) mass is 187 g/mol. The first kappa shape index (κ1) is 9.71. The van der Waals surface area contributed by atoms with Gasteiger partial charge in [0.1, 0.15) is 0 Å². The maximum atomic E-state index is 5.64. The fraction of sp³-hybridized carbons (Fsp3) is 0.875. The highest BCUT2D eigenvalue weighted by Gasteiger charge is 2.21. The van der Waals surface area contributed by atoms with Gasteiger partial charge in [0, 0.05) is 7.05 Å². The van der Waals surface area contributed by atoms with Crippen LogP contribution in [0.5, 0.6) is 0 Å². The van der Waals surface area contributed by atoms with Crippen molar-refractivity contribution in [1.29, 1.82) is 0 Å². The predicted octanol–water partition coefficient (Wildman–Crippen LogP) is 0.758. The van der Waals surface area contributed by atoms with Crippen LogP contribution in [0.1, 0.15) is 13.3 Å². The van der Waals surface area contributed by atoms with Crippen LogP contribution in [0.2, 0.25) is 0 Å². The highest BCUT2D eigenvalue weighted by molar-refractivity contribution is 7.99. The molecule has 0 radical (unpaired) electrons. The van der Waals surface area contributed by atoms with Crippen LogP contribution in [-0.4, -0.2) is 42.0 Å². The van der Waals surface area contributed by atoms with Crippen molar-refractivity contribution >= 4 is 17.7 Å². The van der Waals surface area contributed by atoms with Crippen molar-refractivity contribution in [2.45, 2.75) is 19.4 Å². The molecule has 4 heteroatoms. The van der Waals surface area contributed by atoms with Crippen molar-refractivity contribution < 1.29 is 0 Å². The standard InChI is InChI=1S/C8H17N3S/c1-3-12-5-4-7-6-10-8(9)11(7)2/h7H,3-6H2,1-2H3,(H2,9,10). The van der Waals surface area contributed by atoms with E-state index in [2.05, 4.69) is 16.8 Å². The van der Waals surface area contributed by atoms with Gasteiger partial charge in [-0.2, -0.15) is 11.8 Å². The Morgan fingerprint density at radius 1 is 1.75 bits per heavy atom. The van der Waals surface area contributed by atoms with Gasteiger partial charge >= 0.3 is 0 Å². The second kappa shape index (κ2) is 4.60. The lowest BCUT2D eigenvalue weighted by Crippen LogP contribution is -2.37. The summed E-state index contributed by atoms with van der Waals surface area (Å²) in [6.07, 6.45) is 1.19. The van der Waals surface area contributed by atoms with E-state index in [1.54, 1.807) is 0 Å². The van der Waals surface area contributed by atoms with Crippen LogP contribution in [0.15, 0.2) is 4.99 Å². The average molecular weight is 187 g/mol. The van der Waals surface area contributed by atoms with Gasteiger partial charge in [-0.1, -0.05) is 6.92 Å². The third kappa shape index (κ3) is 2.30. The van der Waals surface area contributed by atoms with E-state index in [-0.39, 0.29) is 0 Å². The summed E-state index contributed by atoms with van der Waals surface area (Å²) in [5.41, 5.74) is 5.64. The molecule has 1 aliphatic rings. The summed E-state index contributed by atoms with van der Waals surface area (Å²) in [5, 5.41) is 0. The molecular weight excluding hydrogens is 170 g/mol. The maximum Gasteiger partial charge on any atom is 0.191 e. The Balaban J connectivity index is 2.19. The molecule has 0 spiro atoms. The number of hydrogen-bond acceptors (Lipinski definition) is 4. The van der Waals surface area contributed by atoms with E-state index < -0.39 is 0 Å². The summed E-state index contributed by atoms with van der Waals surface area (Å²) in [6.45, 7) is 3.07. The molecule has 1 aliphatic heterocycles. The molecular formula is C8H17N3S. The van der Waals surface area contributed by atoms with Crippen LogP contribution in [-0.2, 0) is 0 Å². The molecule has 0 amide bonds. The van der Waals surface area contributed by atoms with Crippen LogP contribution in [0.25, 0.3) is 0 Å². The minimum atomic E-state index is 0.545. The summed E-state index contributed by atoms with van der Waals surface area (Å²) in [7, 11) is 2.02. The molecule has 0 aromatic rings. The Morgan fingerprint density at radius 2 is 2.50 bits per heavy atom. The van der Waals surface area contributed by atoms with Crippen LogP contribution in [0, 0.1) is 0 Å². The second-order valence-electron chi connectivity index (χ2n) is 2.95. The number of aliphatic imine (C=N–C) groups is 1. The first-order valence-electron chi connectivity index (χ1n) is 4.36. The molecule has 2 N–H and O–H groups in total. The predicted molar refractivity (Wildman–Crippen MR) is 55.7 cm³/mol. The molecule has 0 aromatic carbocycles. The molecule has 1 atom stereocenters. The zero-order valence-electron chi connectivity index (χ0n) is 7.79. The highest BCUT2D eigenvalue weighted by atomic mass is 32.2. The average Bonchev–Trinajstić information content (AvgIpc) is 2.36. The summed E-state index contributed by atoms with van der Waals surface area (Å²) in [4.78, 5) is 6.27. The van der Waals surface area contributed by atoms with E-state index in [1.807, 2.05) is 18.8 Å². The number of rotatable bonds is 4. The van der Waals surface area contributed by atoms with E-state index in [0.29, 0.717) is 12.0 Å². The first-order chi connectivity index (χ1) is 5.75. The zero-order chi connectivity index (χ0) is 8.97. The second-order valence-corrected chi connectivity index (χ2v) is 4.34. The quantitative estimate of drug-likeness (QED) is 0.661. The molecule has 1 heterocycles. The lowest BCUT2D eigenvalue weighted by molar-refractivity contribution is 0.393. The lowest BCUT2D eigenvalue weighted by Gasteiger charge is -2.20. The molecule has 0 saturated carbocycles. The van der Waals surface area contributed by atoms with Gasteiger partial charge in [-0.15, -0.1) is 0 Å². The van der Waals surface area contributed by atoms with Gasteiger partial charge in [0.15, 0.2) is 5.96 Å². The van der Waals surface area contributed by atoms with Gasteiger partial charge in [-0.3, -0.25) is 4.99 Å². The van der Waals surface area contributed by atoms with Crippen molar-refractivity contribution in [2.24, 2.45) is 10.7 Å². The molecule has 0 fully saturated rings. The third-order valence-electron chi connectivity index (χ3n) is 2.17. The highest BCUT2D eigenvalue weighted by Crippen LogP contribution is 2.12. The van der Waals surface area contributed by atoms with Crippen LogP contribution >= 0.6 is 11.8 Å². The van der Waals surface area contributed by atoms with E-state index in [4.69, 9.17) is 5.73 Å². The number of likely N-dealkylation sites (N-methyl/N-ethyl adjacent to an activating group) is 1. The van der Waals surface area contributed by atoms with Gasteiger partial charge in [0.25, 0.3) is 0 Å². The lowest BCUT2D eigenvalue weighted by atomic mass is 10.2. The molecule has 70 valence electrons. The van der Waals surface area contributed by atoms with Crippen molar-refractivity contribution in [3.05, 3.63) is 0 Å². The molecule has 0 aromatic heterocycles. The first-order valence-corrected chi connectivity index (χ1v) is 5.51. The SMILES string of the molecule is CCSCCC1CN=C(N)N1C. The van der Waals surface area contributed by atoms with Gasteiger partial charge in [-0.05, 0) is 17.9 Å². The van der Waals surface area contributed by atoms with Crippen molar-refractivity contribution in [3.8, 4) is 0 Å². The Hall–Kier alpha value is -0.380. The smallest absolute Gasteiger partial charge is 0.191 e. The van der Waals surface area contributed by atoms with Gasteiger partial charge in [0.2, 0.25) is 0 Å². The minimum Gasteiger partial charge on any atom is -0.370 e. The number of thioether (sulfide) groups is 1. The number of nitrogens with zero attached hydrogens (tertiary/aromatic N) is 2. The maximum absolute atomic E-state index is 5.64.